The van der Waals surface area contributed by atoms with Gasteiger partial charge in [0.25, 0.3) is 0 Å². The van der Waals surface area contributed by atoms with E-state index in [0.717, 1.165) is 39.5 Å². The van der Waals surface area contributed by atoms with Gasteiger partial charge in [-0.1, -0.05) is 42.5 Å². The van der Waals surface area contributed by atoms with Gasteiger partial charge in [-0.15, -0.1) is 0 Å². The van der Waals surface area contributed by atoms with Crippen LogP contribution >= 0.6 is 0 Å². The van der Waals surface area contributed by atoms with E-state index in [1.807, 2.05) is 54.6 Å². The molecule has 5 rings (SSSR count). The van der Waals surface area contributed by atoms with E-state index in [-0.39, 0.29) is 37.8 Å². The van der Waals surface area contributed by atoms with Crippen molar-refractivity contribution in [1.82, 2.24) is 0 Å². The predicted octanol–water partition coefficient (Wildman–Crippen LogP) is 3.90. The Kier molecular flexibility index (Phi) is 5.53. The van der Waals surface area contributed by atoms with Gasteiger partial charge in [-0.25, -0.2) is 0 Å². The molecule has 1 heterocycles. The molecule has 0 fully saturated rings. The second-order valence-electron chi connectivity index (χ2n) is 8.22. The highest BCUT2D eigenvalue weighted by atomic mass is 16.7. The van der Waals surface area contributed by atoms with Gasteiger partial charge in [0.1, 0.15) is 12.4 Å². The molecule has 3 aromatic rings. The lowest BCUT2D eigenvalue weighted by atomic mass is 9.67. The Hall–Kier alpha value is -3.02. The Morgan fingerprint density at radius 3 is 2.32 bits per heavy atom. The van der Waals surface area contributed by atoms with Gasteiger partial charge in [-0.2, -0.15) is 0 Å². The predicted molar refractivity (Wildman–Crippen MR) is 116 cm³/mol. The Labute approximate surface area is 181 Å². The van der Waals surface area contributed by atoms with E-state index in [9.17, 15) is 10.2 Å². The average Bonchev–Trinajstić information content (AvgIpc) is 3.28. The Morgan fingerprint density at radius 2 is 1.61 bits per heavy atom. The van der Waals surface area contributed by atoms with Crippen LogP contribution in [0.15, 0.2) is 66.7 Å². The first-order valence-corrected chi connectivity index (χ1v) is 10.7. The molecule has 0 saturated carbocycles. The van der Waals surface area contributed by atoms with Crippen LogP contribution in [0.1, 0.15) is 28.2 Å². The molecule has 5 heteroatoms. The van der Waals surface area contributed by atoms with Crippen LogP contribution < -0.4 is 14.2 Å². The van der Waals surface area contributed by atoms with Crippen molar-refractivity contribution >= 4 is 0 Å². The second-order valence-corrected chi connectivity index (χ2v) is 8.22. The number of fused-ring (bicyclic) bond motifs is 2. The van der Waals surface area contributed by atoms with Crippen LogP contribution in [0.2, 0.25) is 0 Å². The molecule has 5 nitrogen and oxygen atoms in total. The highest BCUT2D eigenvalue weighted by Gasteiger charge is 2.38. The largest absolute Gasteiger partial charge is 0.489 e. The summed E-state index contributed by atoms with van der Waals surface area (Å²) in [6, 6.07) is 22.2. The van der Waals surface area contributed by atoms with Crippen molar-refractivity contribution in [2.24, 2.45) is 11.8 Å². The Bertz CT molecular complexity index is 1030. The second kappa shape index (κ2) is 8.61. The topological polar surface area (TPSA) is 68.2 Å². The summed E-state index contributed by atoms with van der Waals surface area (Å²) in [5, 5.41) is 20.2. The van der Waals surface area contributed by atoms with Crippen molar-refractivity contribution in [3.8, 4) is 17.2 Å². The molecule has 0 saturated heterocycles. The Morgan fingerprint density at radius 1 is 0.871 bits per heavy atom. The van der Waals surface area contributed by atoms with Gasteiger partial charge in [0, 0.05) is 19.1 Å². The molecular formula is C26H26O5. The molecule has 0 amide bonds. The van der Waals surface area contributed by atoms with Gasteiger partial charge in [0.2, 0.25) is 6.79 Å². The van der Waals surface area contributed by atoms with Crippen molar-refractivity contribution in [2.45, 2.75) is 18.9 Å². The molecule has 3 aromatic carbocycles. The smallest absolute Gasteiger partial charge is 0.231 e. The Balaban J connectivity index is 1.45. The van der Waals surface area contributed by atoms with E-state index in [1.165, 1.54) is 0 Å². The van der Waals surface area contributed by atoms with Crippen LogP contribution in [0, 0.1) is 11.8 Å². The number of ether oxygens (including phenoxy) is 3. The molecule has 31 heavy (non-hydrogen) atoms. The molecule has 0 unspecified atom stereocenters. The van der Waals surface area contributed by atoms with Crippen LogP contribution in [0.5, 0.6) is 17.2 Å². The highest BCUT2D eigenvalue weighted by Crippen LogP contribution is 2.48. The minimum absolute atomic E-state index is 0.00995. The van der Waals surface area contributed by atoms with Crippen molar-refractivity contribution in [3.05, 3.63) is 89.0 Å². The van der Waals surface area contributed by atoms with Crippen LogP contribution in [0.25, 0.3) is 0 Å². The standard InChI is InChI=1S/C26H26O5/c27-13-20-10-19-11-24-25(31-16-30-24)12-22(19)26(23(20)14-28)18-6-8-21(9-7-18)29-15-17-4-2-1-3-5-17/h1-9,11-12,20,23,26-28H,10,13-16H2/t20-,23-,26-/m0/s1. The first-order valence-electron chi connectivity index (χ1n) is 10.7. The third kappa shape index (κ3) is 3.87. The summed E-state index contributed by atoms with van der Waals surface area (Å²) in [7, 11) is 0. The van der Waals surface area contributed by atoms with Crippen LogP contribution in [0.4, 0.5) is 0 Å². The maximum Gasteiger partial charge on any atom is 0.231 e. The minimum atomic E-state index is -0.0750. The summed E-state index contributed by atoms with van der Waals surface area (Å²) in [5.41, 5.74) is 4.48. The van der Waals surface area contributed by atoms with E-state index in [1.54, 1.807) is 0 Å². The zero-order chi connectivity index (χ0) is 21.2. The first-order chi connectivity index (χ1) is 15.3. The molecule has 1 aliphatic heterocycles. The van der Waals surface area contributed by atoms with Gasteiger partial charge in [-0.05, 0) is 64.8 Å². The average molecular weight is 418 g/mol. The van der Waals surface area contributed by atoms with Gasteiger partial charge < -0.3 is 24.4 Å². The molecule has 0 radical (unpaired) electrons. The number of hydrogen-bond donors (Lipinski definition) is 2. The van der Waals surface area contributed by atoms with E-state index in [2.05, 4.69) is 12.1 Å². The van der Waals surface area contributed by atoms with Gasteiger partial charge in [-0.3, -0.25) is 0 Å². The maximum absolute atomic E-state index is 10.2. The molecule has 3 atom stereocenters. The SMILES string of the molecule is OC[C@@H]1Cc2cc3c(cc2[C@H](c2ccc(OCc4ccccc4)cc2)[C@H]1CO)OCO3. The van der Waals surface area contributed by atoms with E-state index < -0.39 is 0 Å². The molecule has 0 bridgehead atoms. The summed E-state index contributed by atoms with van der Waals surface area (Å²) in [6.45, 7) is 0.787. The molecule has 2 aliphatic rings. The number of hydrogen-bond acceptors (Lipinski definition) is 5. The molecule has 1 aliphatic carbocycles. The van der Waals surface area contributed by atoms with Crippen LogP contribution in [-0.2, 0) is 13.0 Å². The summed E-state index contributed by atoms with van der Waals surface area (Å²) >= 11 is 0. The molecular weight excluding hydrogens is 392 g/mol. The fourth-order valence-electron chi connectivity index (χ4n) is 4.80. The summed E-state index contributed by atoms with van der Waals surface area (Å²) in [5.74, 6) is 2.16. The minimum Gasteiger partial charge on any atom is -0.489 e. The lowest BCUT2D eigenvalue weighted by Crippen LogP contribution is -2.35. The fraction of sp³-hybridized carbons (Fsp3) is 0.308. The fourth-order valence-corrected chi connectivity index (χ4v) is 4.80. The molecule has 160 valence electrons. The zero-order valence-electron chi connectivity index (χ0n) is 17.2. The number of aliphatic hydroxyl groups is 2. The van der Waals surface area contributed by atoms with Crippen LogP contribution in [0.3, 0.4) is 0 Å². The molecule has 0 spiro atoms. The third-order valence-electron chi connectivity index (χ3n) is 6.42. The maximum atomic E-state index is 10.2. The normalized spacial score (nSPS) is 21.5. The van der Waals surface area contributed by atoms with E-state index >= 15 is 0 Å². The quantitative estimate of drug-likeness (QED) is 0.636. The van der Waals surface area contributed by atoms with Gasteiger partial charge in [0.05, 0.1) is 0 Å². The monoisotopic (exact) mass is 418 g/mol. The van der Waals surface area contributed by atoms with Crippen molar-refractivity contribution in [1.29, 1.82) is 0 Å². The van der Waals surface area contributed by atoms with Gasteiger partial charge >= 0.3 is 0 Å². The summed E-state index contributed by atoms with van der Waals surface area (Å²) in [6.07, 6.45) is 0.711. The lowest BCUT2D eigenvalue weighted by molar-refractivity contribution is 0.101. The number of rotatable bonds is 6. The summed E-state index contributed by atoms with van der Waals surface area (Å²) < 4.78 is 17.1. The first kappa shape index (κ1) is 19.9. The van der Waals surface area contributed by atoms with Crippen molar-refractivity contribution in [3.63, 3.8) is 0 Å². The van der Waals surface area contributed by atoms with Crippen LogP contribution in [-0.4, -0.2) is 30.2 Å². The zero-order valence-corrected chi connectivity index (χ0v) is 17.2. The number of aliphatic hydroxyl groups excluding tert-OH is 2. The third-order valence-corrected chi connectivity index (χ3v) is 6.42. The molecule has 0 aromatic heterocycles. The van der Waals surface area contributed by atoms with Crippen molar-refractivity contribution in [2.75, 3.05) is 20.0 Å². The van der Waals surface area contributed by atoms with Crippen molar-refractivity contribution < 1.29 is 24.4 Å². The van der Waals surface area contributed by atoms with Gasteiger partial charge in [0.15, 0.2) is 11.5 Å². The number of benzene rings is 3. The lowest BCUT2D eigenvalue weighted by Gasteiger charge is -2.38. The molecule has 2 N–H and O–H groups in total. The highest BCUT2D eigenvalue weighted by molar-refractivity contribution is 5.53. The summed E-state index contributed by atoms with van der Waals surface area (Å²) in [4.78, 5) is 0. The van der Waals surface area contributed by atoms with E-state index in [0.29, 0.717) is 13.0 Å². The van der Waals surface area contributed by atoms with E-state index in [4.69, 9.17) is 14.2 Å².